The van der Waals surface area contributed by atoms with E-state index in [4.69, 9.17) is 0 Å². The number of hydrogen-bond acceptors (Lipinski definition) is 2. The number of carbonyl (C=O) groups is 1. The fraction of sp³-hybridized carbons (Fsp3) is 0.167. The van der Waals surface area contributed by atoms with Crippen molar-refractivity contribution in [2.24, 2.45) is 0 Å². The second kappa shape index (κ2) is 4.12. The molecule has 0 aromatic heterocycles. The highest BCUT2D eigenvalue weighted by atomic mass is 16.5. The van der Waals surface area contributed by atoms with Crippen molar-refractivity contribution in [3.05, 3.63) is 25.0 Å². The van der Waals surface area contributed by atoms with Gasteiger partial charge in [0.25, 0.3) is 0 Å². The van der Waals surface area contributed by atoms with Crippen LogP contribution in [0.2, 0.25) is 0 Å². The minimum atomic E-state index is -0.428. The van der Waals surface area contributed by atoms with Gasteiger partial charge in [0.05, 0.1) is 6.26 Å². The maximum absolute atomic E-state index is 10.2. The molecule has 0 saturated carbocycles. The quantitative estimate of drug-likeness (QED) is 0.305. The van der Waals surface area contributed by atoms with E-state index in [0.717, 1.165) is 6.08 Å². The van der Waals surface area contributed by atoms with Crippen molar-refractivity contribution in [3.63, 3.8) is 0 Å². The Morgan fingerprint density at radius 2 is 2.38 bits per heavy atom. The van der Waals surface area contributed by atoms with Gasteiger partial charge in [-0.25, -0.2) is 4.79 Å². The second-order valence-corrected chi connectivity index (χ2v) is 1.11. The summed E-state index contributed by atoms with van der Waals surface area (Å²) in [5.74, 6) is -0.428. The van der Waals surface area contributed by atoms with Gasteiger partial charge in [0.1, 0.15) is 0 Å². The van der Waals surface area contributed by atoms with Crippen molar-refractivity contribution in [2.45, 2.75) is 6.92 Å². The van der Waals surface area contributed by atoms with E-state index >= 15 is 0 Å². The van der Waals surface area contributed by atoms with E-state index in [-0.39, 0.29) is 0 Å². The van der Waals surface area contributed by atoms with Gasteiger partial charge in [-0.15, -0.1) is 0 Å². The number of rotatable bonds is 2. The first-order valence-electron chi connectivity index (χ1n) is 2.25. The van der Waals surface area contributed by atoms with Gasteiger partial charge in [0, 0.05) is 6.08 Å². The number of esters is 1. The summed E-state index contributed by atoms with van der Waals surface area (Å²) >= 11 is 0. The Labute approximate surface area is 48.5 Å². The van der Waals surface area contributed by atoms with E-state index < -0.39 is 5.97 Å². The van der Waals surface area contributed by atoms with Crippen molar-refractivity contribution < 1.29 is 9.53 Å². The highest BCUT2D eigenvalue weighted by Gasteiger charge is 1.85. The molecule has 8 heavy (non-hydrogen) atoms. The lowest BCUT2D eigenvalue weighted by Crippen LogP contribution is -1.90. The minimum Gasteiger partial charge on any atom is -0.432 e. The summed E-state index contributed by atoms with van der Waals surface area (Å²) in [7, 11) is 0. The molecule has 0 saturated heterocycles. The highest BCUT2D eigenvalue weighted by Crippen LogP contribution is 1.78. The molecule has 0 N–H and O–H groups in total. The summed E-state index contributed by atoms with van der Waals surface area (Å²) < 4.78 is 4.40. The van der Waals surface area contributed by atoms with Crippen LogP contribution < -0.4 is 0 Å². The molecule has 0 aliphatic heterocycles. The normalized spacial score (nSPS) is 9.12. The first-order valence-corrected chi connectivity index (χ1v) is 2.25. The van der Waals surface area contributed by atoms with E-state index in [0.29, 0.717) is 0 Å². The van der Waals surface area contributed by atoms with Gasteiger partial charge in [-0.05, 0) is 6.92 Å². The first-order chi connectivity index (χ1) is 3.81. The molecule has 0 heterocycles. The zero-order chi connectivity index (χ0) is 6.41. The molecule has 0 aliphatic rings. The molecule has 0 aliphatic carbocycles. The molecule has 44 valence electrons. The predicted molar refractivity (Wildman–Crippen MR) is 31.1 cm³/mol. The molecule has 0 amide bonds. The molecule has 0 aromatic rings. The lowest BCUT2D eigenvalue weighted by atomic mass is 10.6. The third-order valence-electron chi connectivity index (χ3n) is 0.487. The third kappa shape index (κ3) is 3.15. The average Bonchev–Trinajstić information content (AvgIpc) is 1.83. The van der Waals surface area contributed by atoms with E-state index in [1.54, 1.807) is 13.0 Å². The van der Waals surface area contributed by atoms with Crippen LogP contribution in [-0.2, 0) is 9.53 Å². The van der Waals surface area contributed by atoms with Crippen LogP contribution in [0.25, 0.3) is 0 Å². The van der Waals surface area contributed by atoms with Crippen LogP contribution in [0.1, 0.15) is 6.92 Å². The van der Waals surface area contributed by atoms with Crippen LogP contribution in [0.3, 0.4) is 0 Å². The van der Waals surface area contributed by atoms with Gasteiger partial charge in [-0.2, -0.15) is 0 Å². The maximum Gasteiger partial charge on any atom is 0.334 e. The fourth-order valence-corrected chi connectivity index (χ4v) is 0.183. The standard InChI is InChI=1S/C6H8O2/c1-3-5-8-6(7)4-2/h3-5H,2H2,1H3/b5-3+. The van der Waals surface area contributed by atoms with E-state index in [9.17, 15) is 4.79 Å². The van der Waals surface area contributed by atoms with Gasteiger partial charge in [-0.1, -0.05) is 12.7 Å². The Hall–Kier alpha value is -1.05. The molecule has 2 nitrogen and oxygen atoms in total. The molecule has 0 atom stereocenters. The van der Waals surface area contributed by atoms with Gasteiger partial charge < -0.3 is 4.74 Å². The van der Waals surface area contributed by atoms with Crippen molar-refractivity contribution in [2.75, 3.05) is 0 Å². The molecular formula is C6H8O2. The van der Waals surface area contributed by atoms with Gasteiger partial charge >= 0.3 is 5.97 Å². The Balaban J connectivity index is 3.39. The predicted octanol–water partition coefficient (Wildman–Crippen LogP) is 1.25. The van der Waals surface area contributed by atoms with Crippen molar-refractivity contribution >= 4 is 5.97 Å². The van der Waals surface area contributed by atoms with Crippen LogP contribution in [0.5, 0.6) is 0 Å². The van der Waals surface area contributed by atoms with Gasteiger partial charge in [0.2, 0.25) is 0 Å². The fourth-order valence-electron chi connectivity index (χ4n) is 0.183. The number of allylic oxidation sites excluding steroid dienone is 1. The van der Waals surface area contributed by atoms with Crippen LogP contribution >= 0.6 is 0 Å². The monoisotopic (exact) mass is 112 g/mol. The number of carbonyl (C=O) groups excluding carboxylic acids is 1. The molecular weight excluding hydrogens is 104 g/mol. The Morgan fingerprint density at radius 3 is 2.75 bits per heavy atom. The van der Waals surface area contributed by atoms with E-state index in [1.165, 1.54) is 6.26 Å². The SMILES string of the molecule is C=CC(=O)O/C=C/C. The number of hydrogen-bond donors (Lipinski definition) is 0. The van der Waals surface area contributed by atoms with Crippen LogP contribution in [0.15, 0.2) is 25.0 Å². The Kier molecular flexibility index (Phi) is 3.58. The summed E-state index contributed by atoms with van der Waals surface area (Å²) in [5, 5.41) is 0. The van der Waals surface area contributed by atoms with E-state index in [2.05, 4.69) is 11.3 Å². The molecule has 0 radical (unpaired) electrons. The molecule has 0 rings (SSSR count). The topological polar surface area (TPSA) is 26.3 Å². The summed E-state index contributed by atoms with van der Waals surface area (Å²) in [6.45, 7) is 4.97. The maximum atomic E-state index is 10.2. The molecule has 0 bridgehead atoms. The smallest absolute Gasteiger partial charge is 0.334 e. The largest absolute Gasteiger partial charge is 0.432 e. The first kappa shape index (κ1) is 6.95. The molecule has 2 heteroatoms. The van der Waals surface area contributed by atoms with Crippen LogP contribution in [0, 0.1) is 0 Å². The van der Waals surface area contributed by atoms with Crippen LogP contribution in [0.4, 0.5) is 0 Å². The molecule has 0 fully saturated rings. The van der Waals surface area contributed by atoms with Crippen molar-refractivity contribution in [1.29, 1.82) is 0 Å². The van der Waals surface area contributed by atoms with E-state index in [1.807, 2.05) is 0 Å². The molecule has 0 spiro atoms. The lowest BCUT2D eigenvalue weighted by Gasteiger charge is -1.86. The zero-order valence-electron chi connectivity index (χ0n) is 4.76. The molecule has 0 unspecified atom stereocenters. The summed E-state index contributed by atoms with van der Waals surface area (Å²) in [6.07, 6.45) is 4.05. The summed E-state index contributed by atoms with van der Waals surface area (Å²) in [6, 6.07) is 0. The highest BCUT2D eigenvalue weighted by molar-refractivity contribution is 5.81. The minimum absolute atomic E-state index is 0.428. The summed E-state index contributed by atoms with van der Waals surface area (Å²) in [4.78, 5) is 10.2. The molecule has 0 aromatic carbocycles. The summed E-state index contributed by atoms with van der Waals surface area (Å²) in [5.41, 5.74) is 0. The second-order valence-electron chi connectivity index (χ2n) is 1.11. The zero-order valence-corrected chi connectivity index (χ0v) is 4.76. The van der Waals surface area contributed by atoms with Crippen molar-refractivity contribution in [3.8, 4) is 0 Å². The lowest BCUT2D eigenvalue weighted by molar-refractivity contribution is -0.132. The van der Waals surface area contributed by atoms with Gasteiger partial charge in [0.15, 0.2) is 0 Å². The average molecular weight is 112 g/mol. The van der Waals surface area contributed by atoms with Gasteiger partial charge in [-0.3, -0.25) is 0 Å². The van der Waals surface area contributed by atoms with Crippen LogP contribution in [-0.4, -0.2) is 5.97 Å². The third-order valence-corrected chi connectivity index (χ3v) is 0.487. The Bertz CT molecular complexity index is 114. The Morgan fingerprint density at radius 1 is 1.75 bits per heavy atom. The van der Waals surface area contributed by atoms with Crippen molar-refractivity contribution in [1.82, 2.24) is 0 Å². The number of ether oxygens (including phenoxy) is 1.